The molecule has 0 aromatic carbocycles. The van der Waals surface area contributed by atoms with E-state index in [0.717, 1.165) is 19.4 Å². The molecule has 0 saturated carbocycles. The van der Waals surface area contributed by atoms with Crippen LogP contribution >= 0.6 is 22.7 Å². The molecule has 0 bridgehead atoms. The Balaban J connectivity index is 2.16. The van der Waals surface area contributed by atoms with E-state index in [4.69, 9.17) is 0 Å². The van der Waals surface area contributed by atoms with Gasteiger partial charge < -0.3 is 5.32 Å². The van der Waals surface area contributed by atoms with Crippen LogP contribution < -0.4 is 5.32 Å². The molecule has 2 rings (SSSR count). The molecule has 1 unspecified atom stereocenters. The van der Waals surface area contributed by atoms with Crippen molar-refractivity contribution in [2.24, 2.45) is 0 Å². The molecule has 18 heavy (non-hydrogen) atoms. The van der Waals surface area contributed by atoms with E-state index >= 15 is 0 Å². The first-order valence-corrected chi connectivity index (χ1v) is 8.31. The third-order valence-electron chi connectivity index (χ3n) is 3.14. The summed E-state index contributed by atoms with van der Waals surface area (Å²) in [4.78, 5) is 1.46. The maximum absolute atomic E-state index is 4.16. The molecular formula is C15H21NS2. The minimum Gasteiger partial charge on any atom is -0.309 e. The smallest absolute Gasteiger partial charge is 0.0454 e. The molecule has 2 aromatic rings. The molecule has 0 aliphatic heterocycles. The lowest BCUT2D eigenvalue weighted by Gasteiger charge is -2.18. The van der Waals surface area contributed by atoms with Gasteiger partial charge in [0, 0.05) is 20.3 Å². The van der Waals surface area contributed by atoms with Crippen LogP contribution in [0.15, 0.2) is 29.7 Å². The first-order valence-electron chi connectivity index (χ1n) is 6.61. The maximum atomic E-state index is 4.16. The van der Waals surface area contributed by atoms with Crippen LogP contribution in [0.3, 0.4) is 0 Å². The standard InChI is InChI=1S/C15H21NS2/c1-4-7-16-12(9-11(3)5-2)14-10-15-13(18-14)6-8-17-15/h6,8,10,12,16H,3-5,7,9H2,1-2H3. The summed E-state index contributed by atoms with van der Waals surface area (Å²) in [7, 11) is 0. The van der Waals surface area contributed by atoms with Gasteiger partial charge >= 0.3 is 0 Å². The van der Waals surface area contributed by atoms with Crippen LogP contribution in [0.2, 0.25) is 0 Å². The molecule has 2 heterocycles. The molecule has 3 heteroatoms. The highest BCUT2D eigenvalue weighted by atomic mass is 32.1. The Labute approximate surface area is 118 Å². The van der Waals surface area contributed by atoms with Crippen molar-refractivity contribution in [2.75, 3.05) is 6.54 Å². The summed E-state index contributed by atoms with van der Waals surface area (Å²) >= 11 is 3.76. The summed E-state index contributed by atoms with van der Waals surface area (Å²) in [6.07, 6.45) is 3.31. The van der Waals surface area contributed by atoms with Crippen LogP contribution in [0, 0.1) is 0 Å². The zero-order chi connectivity index (χ0) is 13.0. The summed E-state index contributed by atoms with van der Waals surface area (Å²) in [5.41, 5.74) is 1.33. The van der Waals surface area contributed by atoms with Gasteiger partial charge in [0.05, 0.1) is 0 Å². The number of nitrogens with one attached hydrogen (secondary N) is 1. The third-order valence-corrected chi connectivity index (χ3v) is 5.34. The number of hydrogen-bond donors (Lipinski definition) is 1. The minimum absolute atomic E-state index is 0.446. The highest BCUT2D eigenvalue weighted by Gasteiger charge is 2.15. The van der Waals surface area contributed by atoms with Crippen LogP contribution in [-0.4, -0.2) is 6.54 Å². The van der Waals surface area contributed by atoms with E-state index in [1.807, 2.05) is 22.7 Å². The first kappa shape index (κ1) is 13.8. The average molecular weight is 279 g/mol. The average Bonchev–Trinajstić information content (AvgIpc) is 2.94. The van der Waals surface area contributed by atoms with Crippen molar-refractivity contribution in [3.63, 3.8) is 0 Å². The van der Waals surface area contributed by atoms with Gasteiger partial charge in [-0.1, -0.05) is 26.0 Å². The topological polar surface area (TPSA) is 12.0 Å². The molecule has 1 atom stereocenters. The predicted molar refractivity (Wildman–Crippen MR) is 84.8 cm³/mol. The summed E-state index contributed by atoms with van der Waals surface area (Å²) in [5.74, 6) is 0. The van der Waals surface area contributed by atoms with E-state index in [0.29, 0.717) is 6.04 Å². The molecule has 0 amide bonds. The van der Waals surface area contributed by atoms with E-state index in [1.54, 1.807) is 0 Å². The monoisotopic (exact) mass is 279 g/mol. The second kappa shape index (κ2) is 6.50. The molecule has 0 saturated heterocycles. The zero-order valence-corrected chi connectivity index (χ0v) is 12.8. The van der Waals surface area contributed by atoms with Crippen molar-refractivity contribution in [2.45, 2.75) is 39.2 Å². The van der Waals surface area contributed by atoms with Crippen LogP contribution in [-0.2, 0) is 0 Å². The van der Waals surface area contributed by atoms with Crippen molar-refractivity contribution in [3.8, 4) is 0 Å². The van der Waals surface area contributed by atoms with Gasteiger partial charge in [-0.15, -0.1) is 22.7 Å². The molecule has 0 aliphatic carbocycles. The van der Waals surface area contributed by atoms with Gasteiger partial charge in [0.1, 0.15) is 0 Å². The zero-order valence-electron chi connectivity index (χ0n) is 11.2. The Morgan fingerprint density at radius 3 is 2.89 bits per heavy atom. The number of rotatable bonds is 7. The van der Waals surface area contributed by atoms with E-state index in [2.05, 4.69) is 43.3 Å². The molecule has 0 fully saturated rings. The van der Waals surface area contributed by atoms with Gasteiger partial charge in [0.15, 0.2) is 0 Å². The number of fused-ring (bicyclic) bond motifs is 1. The summed E-state index contributed by atoms with van der Waals surface area (Å²) in [5, 5.41) is 5.83. The van der Waals surface area contributed by atoms with E-state index in [-0.39, 0.29) is 0 Å². The van der Waals surface area contributed by atoms with Gasteiger partial charge in [-0.05, 0) is 43.3 Å². The Kier molecular flexibility index (Phi) is 4.98. The van der Waals surface area contributed by atoms with Crippen LogP contribution in [0.4, 0.5) is 0 Å². The van der Waals surface area contributed by atoms with Crippen molar-refractivity contribution in [1.29, 1.82) is 0 Å². The van der Waals surface area contributed by atoms with Gasteiger partial charge in [0.25, 0.3) is 0 Å². The molecule has 2 aromatic heterocycles. The van der Waals surface area contributed by atoms with Crippen LogP contribution in [0.25, 0.3) is 9.40 Å². The summed E-state index contributed by atoms with van der Waals surface area (Å²) in [6.45, 7) is 9.63. The fourth-order valence-corrected chi connectivity index (χ4v) is 4.18. The molecule has 1 nitrogen and oxygen atoms in total. The second-order valence-corrected chi connectivity index (χ2v) is 6.68. The maximum Gasteiger partial charge on any atom is 0.0454 e. The molecule has 1 N–H and O–H groups in total. The van der Waals surface area contributed by atoms with Crippen LogP contribution in [0.5, 0.6) is 0 Å². The van der Waals surface area contributed by atoms with Crippen molar-refractivity contribution < 1.29 is 0 Å². The Hall–Kier alpha value is -0.640. The largest absolute Gasteiger partial charge is 0.309 e. The first-order chi connectivity index (χ1) is 8.74. The normalized spacial score (nSPS) is 13.0. The minimum atomic E-state index is 0.446. The van der Waals surface area contributed by atoms with Crippen molar-refractivity contribution in [1.82, 2.24) is 5.32 Å². The van der Waals surface area contributed by atoms with E-state index in [9.17, 15) is 0 Å². The lowest BCUT2D eigenvalue weighted by molar-refractivity contribution is 0.531. The summed E-state index contributed by atoms with van der Waals surface area (Å²) < 4.78 is 2.83. The SMILES string of the molecule is C=C(CC)CC(NCCC)c1cc2sccc2s1. The summed E-state index contributed by atoms with van der Waals surface area (Å²) in [6, 6.07) is 5.02. The molecule has 0 aliphatic rings. The van der Waals surface area contributed by atoms with Crippen molar-refractivity contribution >= 4 is 32.1 Å². The predicted octanol–water partition coefficient (Wildman–Crippen LogP) is 5.36. The molecule has 98 valence electrons. The Bertz CT molecular complexity index is 481. The fourth-order valence-electron chi connectivity index (χ4n) is 1.98. The Morgan fingerprint density at radius 2 is 2.22 bits per heavy atom. The fraction of sp³-hybridized carbons (Fsp3) is 0.467. The number of thiophene rings is 2. The second-order valence-electron chi connectivity index (χ2n) is 4.61. The van der Waals surface area contributed by atoms with Gasteiger partial charge in [-0.3, -0.25) is 0 Å². The highest BCUT2D eigenvalue weighted by Crippen LogP contribution is 2.35. The Morgan fingerprint density at radius 1 is 1.39 bits per heavy atom. The van der Waals surface area contributed by atoms with Crippen molar-refractivity contribution in [3.05, 3.63) is 34.5 Å². The lowest BCUT2D eigenvalue weighted by atomic mass is 10.0. The van der Waals surface area contributed by atoms with Gasteiger partial charge in [0.2, 0.25) is 0 Å². The highest BCUT2D eigenvalue weighted by molar-refractivity contribution is 7.26. The van der Waals surface area contributed by atoms with E-state index < -0.39 is 0 Å². The van der Waals surface area contributed by atoms with E-state index in [1.165, 1.54) is 26.3 Å². The third kappa shape index (κ3) is 3.22. The molecular weight excluding hydrogens is 258 g/mol. The molecule has 0 spiro atoms. The lowest BCUT2D eigenvalue weighted by Crippen LogP contribution is -2.21. The van der Waals surface area contributed by atoms with Gasteiger partial charge in [-0.2, -0.15) is 0 Å². The van der Waals surface area contributed by atoms with Crippen LogP contribution in [0.1, 0.15) is 44.0 Å². The number of hydrogen-bond acceptors (Lipinski definition) is 3. The molecule has 0 radical (unpaired) electrons. The quantitative estimate of drug-likeness (QED) is 0.673. The van der Waals surface area contributed by atoms with Gasteiger partial charge in [-0.25, -0.2) is 0 Å².